The first-order valence-electron chi connectivity index (χ1n) is 7.65. The molecule has 3 rings (SSSR count). The Kier molecular flexibility index (Phi) is 4.22. The van der Waals surface area contributed by atoms with Gasteiger partial charge in [0.1, 0.15) is 17.7 Å². The van der Waals surface area contributed by atoms with Crippen LogP contribution >= 0.6 is 0 Å². The van der Waals surface area contributed by atoms with Gasteiger partial charge >= 0.3 is 0 Å². The van der Waals surface area contributed by atoms with Gasteiger partial charge in [-0.15, -0.1) is 0 Å². The summed E-state index contributed by atoms with van der Waals surface area (Å²) in [7, 11) is 0. The van der Waals surface area contributed by atoms with Gasteiger partial charge < -0.3 is 10.5 Å². The quantitative estimate of drug-likeness (QED) is 0.898. The van der Waals surface area contributed by atoms with E-state index in [2.05, 4.69) is 4.90 Å². The number of hydrogen-bond donors (Lipinski definition) is 1. The number of hydrogen-bond acceptors (Lipinski definition) is 3. The fourth-order valence-corrected chi connectivity index (χ4v) is 3.51. The minimum Gasteiger partial charge on any atom is -0.488 e. The monoisotopic (exact) mass is 278 g/mol. The molecular weight excluding hydrogens is 255 g/mol. The zero-order valence-electron chi connectivity index (χ0n) is 11.9. The molecule has 0 bridgehead atoms. The first kappa shape index (κ1) is 13.8. The minimum atomic E-state index is -0.178. The van der Waals surface area contributed by atoms with Gasteiger partial charge in [0.2, 0.25) is 0 Å². The molecule has 110 valence electrons. The van der Waals surface area contributed by atoms with Gasteiger partial charge in [0.25, 0.3) is 0 Å². The zero-order chi connectivity index (χ0) is 13.9. The van der Waals surface area contributed by atoms with Gasteiger partial charge in [0, 0.05) is 37.7 Å². The van der Waals surface area contributed by atoms with E-state index in [1.807, 2.05) is 0 Å². The van der Waals surface area contributed by atoms with Crippen molar-refractivity contribution in [2.24, 2.45) is 5.73 Å². The Hall–Kier alpha value is -1.13. The van der Waals surface area contributed by atoms with Crippen molar-refractivity contribution in [3.63, 3.8) is 0 Å². The lowest BCUT2D eigenvalue weighted by atomic mass is 10.1. The summed E-state index contributed by atoms with van der Waals surface area (Å²) in [6.07, 6.45) is 6.13. The average Bonchev–Trinajstić information content (AvgIpc) is 3.06. The molecule has 0 amide bonds. The van der Waals surface area contributed by atoms with Gasteiger partial charge in [-0.25, -0.2) is 4.39 Å². The van der Waals surface area contributed by atoms with Gasteiger partial charge in [-0.05, 0) is 31.0 Å². The van der Waals surface area contributed by atoms with E-state index in [0.29, 0.717) is 12.6 Å². The van der Waals surface area contributed by atoms with Crippen LogP contribution in [0.15, 0.2) is 18.2 Å². The molecule has 2 N–H and O–H groups in total. The van der Waals surface area contributed by atoms with E-state index in [9.17, 15) is 4.39 Å². The summed E-state index contributed by atoms with van der Waals surface area (Å²) >= 11 is 0. The number of nitrogens with two attached hydrogens (primary N) is 1. The third-order valence-electron chi connectivity index (χ3n) is 4.46. The van der Waals surface area contributed by atoms with E-state index in [4.69, 9.17) is 10.5 Å². The molecule has 0 saturated heterocycles. The fraction of sp³-hybridized carbons (Fsp3) is 0.625. The molecule has 1 fully saturated rings. The van der Waals surface area contributed by atoms with Crippen molar-refractivity contribution < 1.29 is 9.13 Å². The normalized spacial score (nSPS) is 22.2. The van der Waals surface area contributed by atoms with E-state index >= 15 is 0 Å². The van der Waals surface area contributed by atoms with Crippen molar-refractivity contribution in [1.82, 2.24) is 4.90 Å². The molecule has 0 radical (unpaired) electrons. The van der Waals surface area contributed by atoms with Crippen LogP contribution < -0.4 is 10.5 Å². The van der Waals surface area contributed by atoms with Crippen molar-refractivity contribution in [2.45, 2.75) is 44.2 Å². The van der Waals surface area contributed by atoms with E-state index in [1.54, 1.807) is 12.1 Å². The lowest BCUT2D eigenvalue weighted by molar-refractivity contribution is 0.120. The van der Waals surface area contributed by atoms with Crippen LogP contribution in [0.25, 0.3) is 0 Å². The Labute approximate surface area is 119 Å². The highest BCUT2D eigenvalue weighted by Gasteiger charge is 2.29. The second kappa shape index (κ2) is 6.10. The summed E-state index contributed by atoms with van der Waals surface area (Å²) in [5, 5.41) is 0. The van der Waals surface area contributed by atoms with Gasteiger partial charge in [0.15, 0.2) is 0 Å². The Bertz CT molecular complexity index is 460. The van der Waals surface area contributed by atoms with Crippen LogP contribution in [0.5, 0.6) is 5.75 Å². The van der Waals surface area contributed by atoms with Crippen LogP contribution in [-0.2, 0) is 6.42 Å². The summed E-state index contributed by atoms with van der Waals surface area (Å²) in [6.45, 7) is 2.51. The highest BCUT2D eigenvalue weighted by atomic mass is 19.1. The third kappa shape index (κ3) is 2.96. The lowest BCUT2D eigenvalue weighted by Gasteiger charge is -2.30. The summed E-state index contributed by atoms with van der Waals surface area (Å²) in [6, 6.07) is 5.46. The molecule has 0 aromatic heterocycles. The fourth-order valence-electron chi connectivity index (χ4n) is 3.51. The summed E-state index contributed by atoms with van der Waals surface area (Å²) < 4.78 is 19.2. The largest absolute Gasteiger partial charge is 0.488 e. The predicted molar refractivity (Wildman–Crippen MR) is 77.4 cm³/mol. The van der Waals surface area contributed by atoms with E-state index < -0.39 is 0 Å². The Balaban J connectivity index is 1.62. The molecular formula is C16H23FN2O. The topological polar surface area (TPSA) is 38.5 Å². The Morgan fingerprint density at radius 2 is 2.10 bits per heavy atom. The van der Waals surface area contributed by atoms with E-state index in [0.717, 1.165) is 30.8 Å². The molecule has 1 aromatic carbocycles. The number of rotatable bonds is 5. The number of halogens is 1. The second-order valence-electron chi connectivity index (χ2n) is 5.92. The first-order valence-corrected chi connectivity index (χ1v) is 7.65. The van der Waals surface area contributed by atoms with Crippen LogP contribution in [0, 0.1) is 5.82 Å². The number of fused-ring (bicyclic) bond motifs is 1. The highest BCUT2D eigenvalue weighted by Crippen LogP contribution is 2.31. The standard InChI is InChI=1S/C16H23FN2O/c17-13-5-6-16-12(9-13)10-15(20-16)11-19(8-7-18)14-3-1-2-4-14/h5-6,9,14-15H,1-4,7-8,10-11,18H2. The van der Waals surface area contributed by atoms with Crippen LogP contribution in [0.2, 0.25) is 0 Å². The SMILES string of the molecule is NCCN(CC1Cc2cc(F)ccc2O1)C1CCCC1. The molecule has 1 aliphatic heterocycles. The van der Waals surface area contributed by atoms with E-state index in [1.165, 1.54) is 31.7 Å². The van der Waals surface area contributed by atoms with Crippen LogP contribution in [-0.4, -0.2) is 36.7 Å². The second-order valence-corrected chi connectivity index (χ2v) is 5.92. The molecule has 1 unspecified atom stereocenters. The lowest BCUT2D eigenvalue weighted by Crippen LogP contribution is -2.43. The number of benzene rings is 1. The predicted octanol–water partition coefficient (Wildman–Crippen LogP) is 2.33. The van der Waals surface area contributed by atoms with Crippen molar-refractivity contribution in [2.75, 3.05) is 19.6 Å². The maximum atomic E-state index is 13.2. The van der Waals surface area contributed by atoms with Crippen molar-refractivity contribution in [1.29, 1.82) is 0 Å². The van der Waals surface area contributed by atoms with Crippen molar-refractivity contribution in [3.8, 4) is 5.75 Å². The van der Waals surface area contributed by atoms with Crippen LogP contribution in [0.3, 0.4) is 0 Å². The highest BCUT2D eigenvalue weighted by molar-refractivity contribution is 5.37. The molecule has 1 heterocycles. The first-order chi connectivity index (χ1) is 9.76. The van der Waals surface area contributed by atoms with Gasteiger partial charge in [-0.2, -0.15) is 0 Å². The minimum absolute atomic E-state index is 0.138. The van der Waals surface area contributed by atoms with Crippen LogP contribution in [0.1, 0.15) is 31.2 Å². The third-order valence-corrected chi connectivity index (χ3v) is 4.46. The van der Waals surface area contributed by atoms with Crippen molar-refractivity contribution >= 4 is 0 Å². The van der Waals surface area contributed by atoms with E-state index in [-0.39, 0.29) is 11.9 Å². The molecule has 2 aliphatic rings. The molecule has 4 heteroatoms. The number of nitrogens with zero attached hydrogens (tertiary/aromatic N) is 1. The van der Waals surface area contributed by atoms with Gasteiger partial charge in [-0.1, -0.05) is 12.8 Å². The Morgan fingerprint density at radius 3 is 2.85 bits per heavy atom. The molecule has 1 aromatic rings. The molecule has 1 aliphatic carbocycles. The zero-order valence-corrected chi connectivity index (χ0v) is 11.9. The maximum Gasteiger partial charge on any atom is 0.123 e. The smallest absolute Gasteiger partial charge is 0.123 e. The summed E-state index contributed by atoms with van der Waals surface area (Å²) in [5.74, 6) is 0.665. The van der Waals surface area contributed by atoms with Crippen LogP contribution in [0.4, 0.5) is 4.39 Å². The molecule has 3 nitrogen and oxygen atoms in total. The van der Waals surface area contributed by atoms with Gasteiger partial charge in [0.05, 0.1) is 0 Å². The molecule has 1 atom stereocenters. The summed E-state index contributed by atoms with van der Waals surface area (Å²) in [5.41, 5.74) is 6.74. The summed E-state index contributed by atoms with van der Waals surface area (Å²) in [4.78, 5) is 2.47. The van der Waals surface area contributed by atoms with Gasteiger partial charge in [-0.3, -0.25) is 4.90 Å². The maximum absolute atomic E-state index is 13.2. The number of ether oxygens (including phenoxy) is 1. The molecule has 1 saturated carbocycles. The average molecular weight is 278 g/mol. The van der Waals surface area contributed by atoms with Crippen molar-refractivity contribution in [3.05, 3.63) is 29.6 Å². The molecule has 0 spiro atoms. The Morgan fingerprint density at radius 1 is 1.30 bits per heavy atom. The molecule has 20 heavy (non-hydrogen) atoms.